The summed E-state index contributed by atoms with van der Waals surface area (Å²) in [5.74, 6) is 0.150. The SMILES string of the molecule is C=CNC1(C)CCN(C)C1=O. The Morgan fingerprint density at radius 3 is 2.82 bits per heavy atom. The van der Waals surface area contributed by atoms with E-state index in [4.69, 9.17) is 0 Å². The van der Waals surface area contributed by atoms with Crippen LogP contribution in [0.3, 0.4) is 0 Å². The van der Waals surface area contributed by atoms with Gasteiger partial charge in [0.05, 0.1) is 0 Å². The molecule has 1 aliphatic heterocycles. The first-order chi connectivity index (χ1) is 5.10. The summed E-state index contributed by atoms with van der Waals surface area (Å²) in [7, 11) is 1.82. The number of likely N-dealkylation sites (N-methyl/N-ethyl adjacent to an activating group) is 1. The lowest BCUT2D eigenvalue weighted by Gasteiger charge is -2.21. The number of nitrogens with one attached hydrogen (secondary N) is 1. The number of hydrogen-bond donors (Lipinski definition) is 1. The third-order valence-corrected chi connectivity index (χ3v) is 2.19. The smallest absolute Gasteiger partial charge is 0.247 e. The molecule has 1 rings (SSSR count). The molecule has 0 bridgehead atoms. The van der Waals surface area contributed by atoms with E-state index in [1.165, 1.54) is 0 Å². The van der Waals surface area contributed by atoms with E-state index in [-0.39, 0.29) is 5.91 Å². The molecule has 1 saturated heterocycles. The summed E-state index contributed by atoms with van der Waals surface area (Å²) in [6.07, 6.45) is 2.44. The molecular formula is C8H14N2O. The fraction of sp³-hybridized carbons (Fsp3) is 0.625. The monoisotopic (exact) mass is 154 g/mol. The Morgan fingerprint density at radius 2 is 2.45 bits per heavy atom. The predicted molar refractivity (Wildman–Crippen MR) is 44.0 cm³/mol. The van der Waals surface area contributed by atoms with E-state index in [0.717, 1.165) is 13.0 Å². The van der Waals surface area contributed by atoms with Crippen molar-refractivity contribution in [3.8, 4) is 0 Å². The van der Waals surface area contributed by atoms with Crippen molar-refractivity contribution in [3.63, 3.8) is 0 Å². The van der Waals surface area contributed by atoms with Gasteiger partial charge in [-0.1, -0.05) is 6.58 Å². The van der Waals surface area contributed by atoms with Crippen LogP contribution >= 0.6 is 0 Å². The summed E-state index contributed by atoms with van der Waals surface area (Å²) < 4.78 is 0. The van der Waals surface area contributed by atoms with Gasteiger partial charge in [0.15, 0.2) is 0 Å². The van der Waals surface area contributed by atoms with E-state index < -0.39 is 5.54 Å². The molecular weight excluding hydrogens is 140 g/mol. The molecule has 0 aromatic carbocycles. The normalized spacial score (nSPS) is 30.7. The zero-order chi connectivity index (χ0) is 8.48. The average molecular weight is 154 g/mol. The molecule has 1 atom stereocenters. The quantitative estimate of drug-likeness (QED) is 0.622. The van der Waals surface area contributed by atoms with E-state index in [1.807, 2.05) is 14.0 Å². The maximum atomic E-state index is 11.4. The van der Waals surface area contributed by atoms with Crippen molar-refractivity contribution in [3.05, 3.63) is 12.8 Å². The molecule has 1 aliphatic rings. The molecule has 1 amide bonds. The van der Waals surface area contributed by atoms with E-state index in [1.54, 1.807) is 11.1 Å². The summed E-state index contributed by atoms with van der Waals surface area (Å²) >= 11 is 0. The van der Waals surface area contributed by atoms with E-state index >= 15 is 0 Å². The van der Waals surface area contributed by atoms with Gasteiger partial charge in [-0.15, -0.1) is 0 Å². The molecule has 11 heavy (non-hydrogen) atoms. The van der Waals surface area contributed by atoms with Crippen LogP contribution in [-0.2, 0) is 4.79 Å². The predicted octanol–water partition coefficient (Wildman–Crippen LogP) is 0.340. The summed E-state index contributed by atoms with van der Waals surface area (Å²) in [4.78, 5) is 13.2. The highest BCUT2D eigenvalue weighted by molar-refractivity contribution is 5.87. The van der Waals surface area contributed by atoms with Gasteiger partial charge >= 0.3 is 0 Å². The van der Waals surface area contributed by atoms with Crippen LogP contribution in [0.2, 0.25) is 0 Å². The van der Waals surface area contributed by atoms with Crippen LogP contribution in [0.25, 0.3) is 0 Å². The van der Waals surface area contributed by atoms with Crippen LogP contribution in [0.1, 0.15) is 13.3 Å². The first kappa shape index (κ1) is 8.11. The second-order valence-electron chi connectivity index (χ2n) is 3.16. The molecule has 1 unspecified atom stereocenters. The number of likely N-dealkylation sites (tertiary alicyclic amines) is 1. The van der Waals surface area contributed by atoms with Gasteiger partial charge in [0.25, 0.3) is 0 Å². The van der Waals surface area contributed by atoms with Crippen molar-refractivity contribution >= 4 is 5.91 Å². The van der Waals surface area contributed by atoms with E-state index in [2.05, 4.69) is 11.9 Å². The highest BCUT2D eigenvalue weighted by Crippen LogP contribution is 2.20. The molecule has 3 nitrogen and oxygen atoms in total. The van der Waals surface area contributed by atoms with Crippen molar-refractivity contribution < 1.29 is 4.79 Å². The number of carbonyl (C=O) groups is 1. The summed E-state index contributed by atoms with van der Waals surface area (Å²) in [6, 6.07) is 0. The minimum atomic E-state index is -0.406. The van der Waals surface area contributed by atoms with Crippen molar-refractivity contribution in [2.24, 2.45) is 0 Å². The van der Waals surface area contributed by atoms with Crippen LogP contribution in [0.4, 0.5) is 0 Å². The lowest BCUT2D eigenvalue weighted by atomic mass is 10.0. The summed E-state index contributed by atoms with van der Waals surface area (Å²) in [5, 5.41) is 2.97. The van der Waals surface area contributed by atoms with Crippen molar-refractivity contribution in [1.82, 2.24) is 10.2 Å². The highest BCUT2D eigenvalue weighted by Gasteiger charge is 2.39. The Hall–Kier alpha value is -0.990. The number of carbonyl (C=O) groups excluding carboxylic acids is 1. The second-order valence-corrected chi connectivity index (χ2v) is 3.16. The van der Waals surface area contributed by atoms with Gasteiger partial charge in [-0.3, -0.25) is 4.79 Å². The lowest BCUT2D eigenvalue weighted by Crippen LogP contribution is -2.45. The molecule has 62 valence electrons. The lowest BCUT2D eigenvalue weighted by molar-refractivity contribution is -0.131. The van der Waals surface area contributed by atoms with Gasteiger partial charge in [-0.25, -0.2) is 0 Å². The number of amides is 1. The van der Waals surface area contributed by atoms with Gasteiger partial charge in [0.2, 0.25) is 5.91 Å². The Kier molecular flexibility index (Phi) is 1.89. The molecule has 3 heteroatoms. The topological polar surface area (TPSA) is 32.3 Å². The Balaban J connectivity index is 2.72. The van der Waals surface area contributed by atoms with E-state index in [9.17, 15) is 4.79 Å². The molecule has 0 saturated carbocycles. The zero-order valence-corrected chi connectivity index (χ0v) is 7.05. The van der Waals surface area contributed by atoms with Crippen LogP contribution in [0.15, 0.2) is 12.8 Å². The number of hydrogen-bond acceptors (Lipinski definition) is 2. The van der Waals surface area contributed by atoms with Crippen LogP contribution in [0.5, 0.6) is 0 Å². The number of nitrogens with zero attached hydrogens (tertiary/aromatic N) is 1. The first-order valence-corrected chi connectivity index (χ1v) is 3.74. The standard InChI is InChI=1S/C8H14N2O/c1-4-9-8(2)5-6-10(3)7(8)11/h4,9H,1,5-6H2,2-3H3. The van der Waals surface area contributed by atoms with Gasteiger partial charge in [0, 0.05) is 13.6 Å². The van der Waals surface area contributed by atoms with Crippen molar-refractivity contribution in [1.29, 1.82) is 0 Å². The largest absolute Gasteiger partial charge is 0.378 e. The molecule has 1 fully saturated rings. The summed E-state index contributed by atoms with van der Waals surface area (Å²) in [5.41, 5.74) is -0.406. The fourth-order valence-corrected chi connectivity index (χ4v) is 1.38. The van der Waals surface area contributed by atoms with Crippen molar-refractivity contribution in [2.75, 3.05) is 13.6 Å². The molecule has 0 aromatic heterocycles. The van der Waals surface area contributed by atoms with Gasteiger partial charge < -0.3 is 10.2 Å². The average Bonchev–Trinajstić information content (AvgIpc) is 2.19. The van der Waals surface area contributed by atoms with E-state index in [0.29, 0.717) is 0 Å². The molecule has 1 heterocycles. The third-order valence-electron chi connectivity index (χ3n) is 2.19. The molecule has 0 spiro atoms. The van der Waals surface area contributed by atoms with Crippen LogP contribution in [0, 0.1) is 0 Å². The fourth-order valence-electron chi connectivity index (χ4n) is 1.38. The summed E-state index contributed by atoms with van der Waals surface area (Å²) in [6.45, 7) is 6.28. The van der Waals surface area contributed by atoms with Crippen LogP contribution < -0.4 is 5.32 Å². The molecule has 0 radical (unpaired) electrons. The zero-order valence-electron chi connectivity index (χ0n) is 7.05. The third kappa shape index (κ3) is 1.23. The van der Waals surface area contributed by atoms with Crippen molar-refractivity contribution in [2.45, 2.75) is 18.9 Å². The molecule has 0 aromatic rings. The van der Waals surface area contributed by atoms with Crippen LogP contribution in [-0.4, -0.2) is 29.9 Å². The molecule has 1 N–H and O–H groups in total. The second kappa shape index (κ2) is 2.57. The minimum Gasteiger partial charge on any atom is -0.378 e. The number of rotatable bonds is 2. The Labute approximate surface area is 67.1 Å². The van der Waals surface area contributed by atoms with Gasteiger partial charge in [0.1, 0.15) is 5.54 Å². The maximum absolute atomic E-state index is 11.4. The highest BCUT2D eigenvalue weighted by atomic mass is 16.2. The maximum Gasteiger partial charge on any atom is 0.247 e. The van der Waals surface area contributed by atoms with Gasteiger partial charge in [-0.2, -0.15) is 0 Å². The first-order valence-electron chi connectivity index (χ1n) is 3.74. The minimum absolute atomic E-state index is 0.150. The Bertz CT molecular complexity index is 191. The van der Waals surface area contributed by atoms with Gasteiger partial charge in [-0.05, 0) is 19.5 Å². The molecule has 0 aliphatic carbocycles. The Morgan fingerprint density at radius 1 is 1.82 bits per heavy atom.